The Hall–Kier alpha value is -1.83. The number of anilines is 1. The van der Waals surface area contributed by atoms with Crippen LogP contribution < -0.4 is 5.32 Å². The first-order valence-electron chi connectivity index (χ1n) is 8.27. The molecule has 0 aromatic heterocycles. The zero-order chi connectivity index (χ0) is 19.3. The lowest BCUT2D eigenvalue weighted by atomic mass is 10.2. The Bertz CT molecular complexity index is 845. The summed E-state index contributed by atoms with van der Waals surface area (Å²) in [6.07, 6.45) is 0. The number of nitrogens with one attached hydrogen (secondary N) is 1. The van der Waals surface area contributed by atoms with Crippen molar-refractivity contribution in [3.8, 4) is 0 Å². The summed E-state index contributed by atoms with van der Waals surface area (Å²) in [7, 11) is -1.96. The topological polar surface area (TPSA) is 66.5 Å². The maximum Gasteiger partial charge on any atom is 0.243 e. The molecule has 0 aliphatic rings. The van der Waals surface area contributed by atoms with Crippen LogP contribution in [0.25, 0.3) is 0 Å². The van der Waals surface area contributed by atoms with Gasteiger partial charge in [-0.3, -0.25) is 4.79 Å². The predicted molar refractivity (Wildman–Crippen MR) is 107 cm³/mol. The van der Waals surface area contributed by atoms with Crippen molar-refractivity contribution >= 4 is 33.4 Å². The number of carbonyl (C=O) groups is 1. The second-order valence-corrected chi connectivity index (χ2v) is 9.34. The lowest BCUT2D eigenvalue weighted by Gasteiger charge is -2.21. The summed E-state index contributed by atoms with van der Waals surface area (Å²) < 4.78 is 26.2. The van der Waals surface area contributed by atoms with Crippen molar-refractivity contribution in [1.82, 2.24) is 4.31 Å². The standard InChI is InChI=1S/C19H24N2O3S2/c1-14(2)21(4)26(23,24)18-11-7-16(8-12-18)20-19(22)13-25-17-9-5-15(3)6-10-17/h5-12,14H,13H2,1-4H3,(H,20,22). The van der Waals surface area contributed by atoms with Crippen molar-refractivity contribution in [3.63, 3.8) is 0 Å². The van der Waals surface area contributed by atoms with Gasteiger partial charge in [0.25, 0.3) is 0 Å². The second-order valence-electron chi connectivity index (χ2n) is 6.29. The maximum absolute atomic E-state index is 12.4. The van der Waals surface area contributed by atoms with Crippen molar-refractivity contribution in [1.29, 1.82) is 0 Å². The highest BCUT2D eigenvalue weighted by Crippen LogP contribution is 2.21. The summed E-state index contributed by atoms with van der Waals surface area (Å²) in [5.41, 5.74) is 1.75. The predicted octanol–water partition coefficient (Wildman–Crippen LogP) is 3.75. The summed E-state index contributed by atoms with van der Waals surface area (Å²) in [5.74, 6) is 0.157. The van der Waals surface area contributed by atoms with Crippen LogP contribution in [0.4, 0.5) is 5.69 Å². The fraction of sp³-hybridized carbons (Fsp3) is 0.316. The number of thioether (sulfide) groups is 1. The molecule has 0 bridgehead atoms. The molecule has 140 valence electrons. The van der Waals surface area contributed by atoms with Gasteiger partial charge in [0.1, 0.15) is 0 Å². The van der Waals surface area contributed by atoms with Gasteiger partial charge in [-0.2, -0.15) is 4.31 Å². The van der Waals surface area contributed by atoms with E-state index in [1.807, 2.05) is 45.0 Å². The zero-order valence-electron chi connectivity index (χ0n) is 15.4. The van der Waals surface area contributed by atoms with Gasteiger partial charge >= 0.3 is 0 Å². The molecule has 0 atom stereocenters. The SMILES string of the molecule is Cc1ccc(SCC(=O)Nc2ccc(S(=O)(=O)N(C)C(C)C)cc2)cc1. The lowest BCUT2D eigenvalue weighted by molar-refractivity contribution is -0.113. The molecule has 2 rings (SSSR count). The smallest absolute Gasteiger partial charge is 0.243 e. The summed E-state index contributed by atoms with van der Waals surface area (Å²) in [6, 6.07) is 14.1. The van der Waals surface area contributed by atoms with Crippen molar-refractivity contribution in [3.05, 3.63) is 54.1 Å². The summed E-state index contributed by atoms with van der Waals surface area (Å²) in [5, 5.41) is 2.79. The van der Waals surface area contributed by atoms with E-state index in [-0.39, 0.29) is 16.8 Å². The number of aryl methyl sites for hydroxylation is 1. The Morgan fingerprint density at radius 2 is 1.65 bits per heavy atom. The molecule has 7 heteroatoms. The van der Waals surface area contributed by atoms with Gasteiger partial charge in [-0.1, -0.05) is 17.7 Å². The second kappa shape index (κ2) is 8.70. The Morgan fingerprint density at radius 1 is 1.08 bits per heavy atom. The number of carbonyl (C=O) groups excluding carboxylic acids is 1. The van der Waals surface area contributed by atoms with E-state index in [9.17, 15) is 13.2 Å². The van der Waals surface area contributed by atoms with E-state index < -0.39 is 10.0 Å². The molecule has 0 fully saturated rings. The fourth-order valence-electron chi connectivity index (χ4n) is 2.13. The highest BCUT2D eigenvalue weighted by molar-refractivity contribution is 8.00. The van der Waals surface area contributed by atoms with Gasteiger partial charge in [0.2, 0.25) is 15.9 Å². The molecular formula is C19H24N2O3S2. The average Bonchev–Trinajstić information content (AvgIpc) is 2.61. The van der Waals surface area contributed by atoms with Gasteiger partial charge in [0, 0.05) is 23.7 Å². The molecule has 0 saturated heterocycles. The first-order chi connectivity index (χ1) is 12.2. The van der Waals surface area contributed by atoms with Gasteiger partial charge in [-0.25, -0.2) is 8.42 Å². The van der Waals surface area contributed by atoms with Gasteiger partial charge in [-0.05, 0) is 57.2 Å². The van der Waals surface area contributed by atoms with Gasteiger partial charge in [-0.15, -0.1) is 11.8 Å². The molecule has 1 N–H and O–H groups in total. The molecule has 0 unspecified atom stereocenters. The Morgan fingerprint density at radius 3 is 2.19 bits per heavy atom. The minimum atomic E-state index is -3.52. The third kappa shape index (κ3) is 5.33. The van der Waals surface area contributed by atoms with Crippen molar-refractivity contribution in [2.24, 2.45) is 0 Å². The molecule has 0 heterocycles. The van der Waals surface area contributed by atoms with Gasteiger partial charge < -0.3 is 5.32 Å². The number of hydrogen-bond acceptors (Lipinski definition) is 4. The van der Waals surface area contributed by atoms with Gasteiger partial charge in [0.15, 0.2) is 0 Å². The van der Waals surface area contributed by atoms with Crippen LogP contribution in [0.2, 0.25) is 0 Å². The molecular weight excluding hydrogens is 368 g/mol. The first-order valence-corrected chi connectivity index (χ1v) is 10.7. The Kier molecular flexibility index (Phi) is 6.86. The summed E-state index contributed by atoms with van der Waals surface area (Å²) in [4.78, 5) is 13.3. The van der Waals surface area contributed by atoms with E-state index in [2.05, 4.69) is 5.32 Å². The van der Waals surface area contributed by atoms with E-state index in [0.29, 0.717) is 11.4 Å². The third-order valence-corrected chi connectivity index (χ3v) is 6.99. The van der Waals surface area contributed by atoms with E-state index in [4.69, 9.17) is 0 Å². The van der Waals surface area contributed by atoms with Crippen LogP contribution in [0.5, 0.6) is 0 Å². The average molecular weight is 393 g/mol. The Labute approximate surface area is 159 Å². The van der Waals surface area contributed by atoms with Crippen LogP contribution in [0.3, 0.4) is 0 Å². The molecule has 0 aliphatic heterocycles. The summed E-state index contributed by atoms with van der Waals surface area (Å²) in [6.45, 7) is 5.65. The molecule has 2 aromatic carbocycles. The van der Waals surface area contributed by atoms with Crippen LogP contribution in [0.15, 0.2) is 58.3 Å². The van der Waals surface area contributed by atoms with Crippen LogP contribution >= 0.6 is 11.8 Å². The number of benzene rings is 2. The monoisotopic (exact) mass is 392 g/mol. The molecule has 26 heavy (non-hydrogen) atoms. The highest BCUT2D eigenvalue weighted by Gasteiger charge is 2.22. The number of rotatable bonds is 7. The molecule has 0 aliphatic carbocycles. The molecule has 0 saturated carbocycles. The van der Waals surface area contributed by atoms with Crippen LogP contribution in [-0.4, -0.2) is 37.5 Å². The normalized spacial score (nSPS) is 11.8. The minimum absolute atomic E-state index is 0.127. The molecule has 0 radical (unpaired) electrons. The third-order valence-electron chi connectivity index (χ3n) is 3.93. The van der Waals surface area contributed by atoms with Crippen molar-refractivity contribution in [2.75, 3.05) is 18.1 Å². The maximum atomic E-state index is 12.4. The fourth-order valence-corrected chi connectivity index (χ4v) is 4.20. The summed E-state index contributed by atoms with van der Waals surface area (Å²) >= 11 is 1.46. The molecule has 1 amide bonds. The molecule has 0 spiro atoms. The molecule has 2 aromatic rings. The zero-order valence-corrected chi connectivity index (χ0v) is 17.0. The minimum Gasteiger partial charge on any atom is -0.325 e. The van der Waals surface area contributed by atoms with E-state index in [1.165, 1.54) is 33.8 Å². The number of hydrogen-bond donors (Lipinski definition) is 1. The van der Waals surface area contributed by atoms with Crippen LogP contribution in [0, 0.1) is 6.92 Å². The van der Waals surface area contributed by atoms with Crippen molar-refractivity contribution in [2.45, 2.75) is 36.6 Å². The van der Waals surface area contributed by atoms with Crippen LogP contribution in [0.1, 0.15) is 19.4 Å². The lowest BCUT2D eigenvalue weighted by Crippen LogP contribution is -2.33. The number of nitrogens with zero attached hydrogens (tertiary/aromatic N) is 1. The Balaban J connectivity index is 1.96. The van der Waals surface area contributed by atoms with E-state index in [1.54, 1.807) is 19.2 Å². The van der Waals surface area contributed by atoms with E-state index in [0.717, 1.165) is 4.90 Å². The quantitative estimate of drug-likeness (QED) is 0.729. The van der Waals surface area contributed by atoms with Crippen LogP contribution in [-0.2, 0) is 14.8 Å². The number of amides is 1. The number of sulfonamides is 1. The first kappa shape index (κ1) is 20.5. The highest BCUT2D eigenvalue weighted by atomic mass is 32.2. The molecule has 5 nitrogen and oxygen atoms in total. The van der Waals surface area contributed by atoms with E-state index >= 15 is 0 Å². The largest absolute Gasteiger partial charge is 0.325 e. The van der Waals surface area contributed by atoms with Gasteiger partial charge in [0.05, 0.1) is 10.6 Å². The van der Waals surface area contributed by atoms with Crippen molar-refractivity contribution < 1.29 is 13.2 Å².